The second kappa shape index (κ2) is 7.97. The quantitative estimate of drug-likeness (QED) is 0.816. The number of hydrogen-bond acceptors (Lipinski definition) is 4. The van der Waals surface area contributed by atoms with Gasteiger partial charge in [0.15, 0.2) is 6.61 Å². The highest BCUT2D eigenvalue weighted by atomic mass is 35.5. The number of ether oxygens (including phenoxy) is 1. The predicted molar refractivity (Wildman–Crippen MR) is 100 cm³/mol. The van der Waals surface area contributed by atoms with Crippen molar-refractivity contribution in [3.63, 3.8) is 0 Å². The number of carbonyl (C=O) groups excluding carboxylic acids is 1. The summed E-state index contributed by atoms with van der Waals surface area (Å²) >= 11 is 5.79. The van der Waals surface area contributed by atoms with Crippen molar-refractivity contribution in [3.05, 3.63) is 53.6 Å². The van der Waals surface area contributed by atoms with Gasteiger partial charge in [-0.15, -0.1) is 0 Å². The lowest BCUT2D eigenvalue weighted by molar-refractivity contribution is -0.132. The first-order valence-electron chi connectivity index (χ1n) is 8.23. The first-order chi connectivity index (χ1) is 12.4. The van der Waals surface area contributed by atoms with Crippen LogP contribution in [0.5, 0.6) is 5.75 Å². The Hall–Kier alpha value is -2.25. The van der Waals surface area contributed by atoms with E-state index < -0.39 is 10.0 Å². The van der Waals surface area contributed by atoms with Gasteiger partial charge in [0.1, 0.15) is 5.75 Å². The summed E-state index contributed by atoms with van der Waals surface area (Å²) in [4.78, 5) is 13.8. The number of amides is 1. The Morgan fingerprint density at radius 2 is 1.65 bits per heavy atom. The summed E-state index contributed by atoms with van der Waals surface area (Å²) < 4.78 is 32.7. The molecule has 1 aliphatic rings. The topological polar surface area (TPSA) is 75.7 Å². The van der Waals surface area contributed by atoms with Gasteiger partial charge in [0.2, 0.25) is 0 Å². The molecule has 0 unspecified atom stereocenters. The normalized spacial score (nSPS) is 14.3. The highest BCUT2D eigenvalue weighted by molar-refractivity contribution is 7.92. The molecule has 1 amide bonds. The monoisotopic (exact) mass is 394 g/mol. The van der Waals surface area contributed by atoms with E-state index in [4.69, 9.17) is 16.3 Å². The molecular weight excluding hydrogens is 376 g/mol. The zero-order valence-corrected chi connectivity index (χ0v) is 15.6. The predicted octanol–water partition coefficient (Wildman–Crippen LogP) is 3.14. The van der Waals surface area contributed by atoms with E-state index in [1.54, 1.807) is 29.2 Å². The van der Waals surface area contributed by atoms with Crippen molar-refractivity contribution < 1.29 is 17.9 Å². The number of anilines is 1. The van der Waals surface area contributed by atoms with Gasteiger partial charge in [-0.25, -0.2) is 8.42 Å². The van der Waals surface area contributed by atoms with Crippen LogP contribution in [0, 0.1) is 0 Å². The number of benzene rings is 2. The Balaban J connectivity index is 1.60. The van der Waals surface area contributed by atoms with Crippen molar-refractivity contribution in [2.75, 3.05) is 24.4 Å². The van der Waals surface area contributed by atoms with E-state index >= 15 is 0 Å². The van der Waals surface area contributed by atoms with Crippen molar-refractivity contribution in [1.82, 2.24) is 4.90 Å². The lowest BCUT2D eigenvalue weighted by Crippen LogP contribution is -2.32. The molecule has 26 heavy (non-hydrogen) atoms. The van der Waals surface area contributed by atoms with Gasteiger partial charge in [-0.2, -0.15) is 0 Å². The van der Waals surface area contributed by atoms with Gasteiger partial charge in [-0.3, -0.25) is 9.52 Å². The lowest BCUT2D eigenvalue weighted by atomic mass is 10.3. The standard InChI is InChI=1S/C18H19ClN2O4S/c19-14-3-5-15(6-4-14)20-26(23,24)17-9-7-16(8-10-17)25-13-18(22)21-11-1-2-12-21/h3-10,20H,1-2,11-13H2. The summed E-state index contributed by atoms with van der Waals surface area (Å²) in [6.07, 6.45) is 2.05. The van der Waals surface area contributed by atoms with Gasteiger partial charge in [0.25, 0.3) is 15.9 Å². The first-order valence-corrected chi connectivity index (χ1v) is 10.1. The van der Waals surface area contributed by atoms with Crippen molar-refractivity contribution in [3.8, 4) is 5.75 Å². The summed E-state index contributed by atoms with van der Waals surface area (Å²) in [5.41, 5.74) is 0.422. The van der Waals surface area contributed by atoms with Crippen molar-refractivity contribution in [2.45, 2.75) is 17.7 Å². The Labute approximate surface area is 157 Å². The minimum absolute atomic E-state index is 0.0465. The van der Waals surface area contributed by atoms with E-state index in [2.05, 4.69) is 4.72 Å². The van der Waals surface area contributed by atoms with E-state index in [1.165, 1.54) is 24.3 Å². The van der Waals surface area contributed by atoms with Crippen LogP contribution < -0.4 is 9.46 Å². The average molecular weight is 395 g/mol. The maximum atomic E-state index is 12.4. The fourth-order valence-corrected chi connectivity index (χ4v) is 3.83. The number of likely N-dealkylation sites (tertiary alicyclic amines) is 1. The van der Waals surface area contributed by atoms with Crippen LogP contribution in [0.15, 0.2) is 53.4 Å². The molecule has 0 spiro atoms. The van der Waals surface area contributed by atoms with Crippen LogP contribution >= 0.6 is 11.6 Å². The number of nitrogens with one attached hydrogen (secondary N) is 1. The van der Waals surface area contributed by atoms with Crippen molar-refractivity contribution in [2.24, 2.45) is 0 Å². The van der Waals surface area contributed by atoms with Crippen LogP contribution in [0.25, 0.3) is 0 Å². The van der Waals surface area contributed by atoms with Crippen molar-refractivity contribution in [1.29, 1.82) is 0 Å². The van der Waals surface area contributed by atoms with E-state index in [0.717, 1.165) is 25.9 Å². The zero-order valence-electron chi connectivity index (χ0n) is 14.0. The molecule has 8 heteroatoms. The fraction of sp³-hybridized carbons (Fsp3) is 0.278. The van der Waals surface area contributed by atoms with Crippen LogP contribution in [-0.2, 0) is 14.8 Å². The van der Waals surface area contributed by atoms with E-state index in [0.29, 0.717) is 16.5 Å². The van der Waals surface area contributed by atoms with Gasteiger partial charge >= 0.3 is 0 Å². The van der Waals surface area contributed by atoms with Crippen molar-refractivity contribution >= 4 is 33.2 Å². The molecule has 0 bridgehead atoms. The number of sulfonamides is 1. The Bertz CT molecular complexity index is 861. The summed E-state index contributed by atoms with van der Waals surface area (Å²) in [6, 6.07) is 12.3. The van der Waals surface area contributed by atoms with E-state index in [9.17, 15) is 13.2 Å². The first kappa shape index (κ1) is 18.5. The van der Waals surface area contributed by atoms with Crippen LogP contribution in [-0.4, -0.2) is 38.9 Å². The van der Waals surface area contributed by atoms with E-state index in [1.807, 2.05) is 0 Å². The fourth-order valence-electron chi connectivity index (χ4n) is 2.65. The molecule has 138 valence electrons. The number of hydrogen-bond donors (Lipinski definition) is 1. The SMILES string of the molecule is O=C(COc1ccc(S(=O)(=O)Nc2ccc(Cl)cc2)cc1)N1CCCC1. The highest BCUT2D eigenvalue weighted by Gasteiger charge is 2.18. The molecular formula is C18H19ClN2O4S. The molecule has 0 radical (unpaired) electrons. The second-order valence-electron chi connectivity index (χ2n) is 5.96. The molecule has 0 aromatic heterocycles. The number of carbonyl (C=O) groups is 1. The zero-order chi connectivity index (χ0) is 18.6. The summed E-state index contributed by atoms with van der Waals surface area (Å²) in [7, 11) is -3.71. The van der Waals surface area contributed by atoms with Crippen LogP contribution in [0.4, 0.5) is 5.69 Å². The van der Waals surface area contributed by atoms with E-state index in [-0.39, 0.29) is 17.4 Å². The third kappa shape index (κ3) is 4.68. The smallest absolute Gasteiger partial charge is 0.261 e. The minimum atomic E-state index is -3.71. The lowest BCUT2D eigenvalue weighted by Gasteiger charge is -2.15. The molecule has 3 rings (SSSR count). The van der Waals surface area contributed by atoms with Gasteiger partial charge < -0.3 is 9.64 Å². The van der Waals surface area contributed by atoms with Gasteiger partial charge in [0.05, 0.1) is 4.90 Å². The molecule has 1 N–H and O–H groups in total. The Morgan fingerprint density at radius 3 is 2.27 bits per heavy atom. The Morgan fingerprint density at radius 1 is 1.04 bits per heavy atom. The number of halogens is 1. The molecule has 1 saturated heterocycles. The molecule has 0 saturated carbocycles. The second-order valence-corrected chi connectivity index (χ2v) is 8.08. The molecule has 1 aliphatic heterocycles. The third-order valence-electron chi connectivity index (χ3n) is 4.05. The molecule has 2 aromatic rings. The molecule has 1 fully saturated rings. The van der Waals surface area contributed by atoms with Crippen LogP contribution in [0.3, 0.4) is 0 Å². The summed E-state index contributed by atoms with van der Waals surface area (Å²) in [6.45, 7) is 1.50. The molecule has 1 heterocycles. The molecule has 0 atom stereocenters. The number of rotatable bonds is 6. The number of nitrogens with zero attached hydrogens (tertiary/aromatic N) is 1. The van der Waals surface area contributed by atoms with Gasteiger partial charge in [-0.05, 0) is 61.4 Å². The summed E-state index contributed by atoms with van der Waals surface area (Å²) in [5, 5.41) is 0.526. The van der Waals surface area contributed by atoms with Crippen LogP contribution in [0.1, 0.15) is 12.8 Å². The molecule has 6 nitrogen and oxygen atoms in total. The minimum Gasteiger partial charge on any atom is -0.484 e. The van der Waals surface area contributed by atoms with Gasteiger partial charge in [0, 0.05) is 23.8 Å². The maximum Gasteiger partial charge on any atom is 0.261 e. The maximum absolute atomic E-state index is 12.4. The highest BCUT2D eigenvalue weighted by Crippen LogP contribution is 2.21. The molecule has 0 aliphatic carbocycles. The van der Waals surface area contributed by atoms with Crippen LogP contribution in [0.2, 0.25) is 5.02 Å². The van der Waals surface area contributed by atoms with Gasteiger partial charge in [-0.1, -0.05) is 11.6 Å². The Kier molecular flexibility index (Phi) is 5.68. The largest absolute Gasteiger partial charge is 0.484 e. The summed E-state index contributed by atoms with van der Waals surface area (Å²) in [5.74, 6) is 0.395. The molecule has 2 aromatic carbocycles. The average Bonchev–Trinajstić information content (AvgIpc) is 3.17. The third-order valence-corrected chi connectivity index (χ3v) is 5.70.